The van der Waals surface area contributed by atoms with Crippen molar-refractivity contribution in [3.63, 3.8) is 0 Å². The Morgan fingerprint density at radius 3 is 2.59 bits per heavy atom. The second kappa shape index (κ2) is 11.3. The van der Waals surface area contributed by atoms with E-state index in [0.717, 1.165) is 46.2 Å². The van der Waals surface area contributed by atoms with Gasteiger partial charge in [-0.05, 0) is 92.7 Å². The maximum atomic E-state index is 5.83. The summed E-state index contributed by atoms with van der Waals surface area (Å²) in [5.41, 5.74) is 5.50. The van der Waals surface area contributed by atoms with Crippen molar-refractivity contribution in [1.82, 2.24) is 14.9 Å². The van der Waals surface area contributed by atoms with Crippen molar-refractivity contribution in [1.29, 1.82) is 0 Å². The normalized spacial score (nSPS) is 14.9. The van der Waals surface area contributed by atoms with Crippen LogP contribution in [0.4, 0.5) is 23.1 Å². The predicted molar refractivity (Wildman–Crippen MR) is 159 cm³/mol. The second-order valence-corrected chi connectivity index (χ2v) is 12.5. The third-order valence-electron chi connectivity index (χ3n) is 6.80. The van der Waals surface area contributed by atoms with E-state index < -0.39 is 0 Å². The van der Waals surface area contributed by atoms with E-state index in [9.17, 15) is 0 Å². The number of hydrogen-bond acceptors (Lipinski definition) is 8. The lowest BCUT2D eigenvalue weighted by Gasteiger charge is -2.30. The Kier molecular flexibility index (Phi) is 7.88. The van der Waals surface area contributed by atoms with E-state index in [2.05, 4.69) is 85.1 Å². The molecule has 1 aliphatic heterocycles. The van der Waals surface area contributed by atoms with Crippen molar-refractivity contribution in [3.8, 4) is 5.75 Å². The molecule has 8 heteroatoms. The molecule has 0 saturated carbocycles. The second-order valence-electron chi connectivity index (χ2n) is 9.93. The highest BCUT2D eigenvalue weighted by Gasteiger charge is 2.22. The van der Waals surface area contributed by atoms with Gasteiger partial charge in [0.05, 0.1) is 28.7 Å². The Morgan fingerprint density at radius 2 is 1.84 bits per heavy atom. The van der Waals surface area contributed by atoms with Crippen molar-refractivity contribution in [3.05, 3.63) is 59.0 Å². The maximum Gasteiger partial charge on any atom is 0.229 e. The number of fused-ring (bicyclic) bond motifs is 1. The van der Waals surface area contributed by atoms with Gasteiger partial charge in [-0.25, -0.2) is 4.98 Å². The average Bonchev–Trinajstić information content (AvgIpc) is 3.35. The zero-order valence-corrected chi connectivity index (χ0v) is 23.8. The molecule has 4 aromatic rings. The van der Waals surface area contributed by atoms with Gasteiger partial charge < -0.3 is 20.3 Å². The molecule has 0 aliphatic carbocycles. The molecule has 5 rings (SSSR count). The number of hydrogen-bond donors (Lipinski definition) is 2. The van der Waals surface area contributed by atoms with Gasteiger partial charge in [-0.3, -0.25) is 0 Å². The molecule has 1 saturated heterocycles. The molecule has 0 spiro atoms. The van der Waals surface area contributed by atoms with E-state index in [0.29, 0.717) is 17.1 Å². The Morgan fingerprint density at radius 1 is 1.05 bits per heavy atom. The lowest BCUT2D eigenvalue weighted by Crippen LogP contribution is -2.29. The zero-order valence-electron chi connectivity index (χ0n) is 22.2. The zero-order chi connectivity index (χ0) is 25.9. The first-order valence-corrected chi connectivity index (χ1v) is 14.6. The number of thioether (sulfide) groups is 1. The Hall–Kier alpha value is -2.81. The van der Waals surface area contributed by atoms with Crippen molar-refractivity contribution < 1.29 is 4.74 Å². The molecule has 0 radical (unpaired) electrons. The Labute approximate surface area is 227 Å². The minimum atomic E-state index is 0.487. The molecule has 1 aliphatic rings. The van der Waals surface area contributed by atoms with Crippen LogP contribution in [0.15, 0.2) is 52.7 Å². The molecule has 0 amide bonds. The number of aromatic nitrogens is 2. The first-order chi connectivity index (χ1) is 17.9. The number of aryl methyl sites for hydroxylation is 1. The Bertz CT molecular complexity index is 1380. The van der Waals surface area contributed by atoms with Crippen molar-refractivity contribution in [2.24, 2.45) is 0 Å². The van der Waals surface area contributed by atoms with E-state index in [4.69, 9.17) is 14.7 Å². The summed E-state index contributed by atoms with van der Waals surface area (Å²) in [5, 5.41) is 9.60. The van der Waals surface area contributed by atoms with Crippen molar-refractivity contribution in [2.45, 2.75) is 49.7 Å². The number of piperidine rings is 1. The maximum absolute atomic E-state index is 5.83. The van der Waals surface area contributed by atoms with E-state index in [1.165, 1.54) is 28.9 Å². The van der Waals surface area contributed by atoms with Gasteiger partial charge in [0.25, 0.3) is 0 Å². The molecule has 0 atom stereocenters. The summed E-state index contributed by atoms with van der Waals surface area (Å²) in [6, 6.07) is 14.8. The monoisotopic (exact) mass is 533 g/mol. The van der Waals surface area contributed by atoms with Crippen LogP contribution in [-0.2, 0) is 0 Å². The minimum absolute atomic E-state index is 0.487. The van der Waals surface area contributed by atoms with Gasteiger partial charge in [-0.1, -0.05) is 26.0 Å². The summed E-state index contributed by atoms with van der Waals surface area (Å²) in [6.45, 7) is 8.88. The molecular formula is C29H35N5OS2. The van der Waals surface area contributed by atoms with Gasteiger partial charge in [-0.2, -0.15) is 4.98 Å². The van der Waals surface area contributed by atoms with Crippen LogP contribution in [0.1, 0.15) is 43.7 Å². The third kappa shape index (κ3) is 5.87. The van der Waals surface area contributed by atoms with Crippen LogP contribution in [0, 0.1) is 6.92 Å². The SMILES string of the molecule is COc1cc(C2CCN(C)CC2)c(C)cc1Nc1nc(Nc2ccccc2SC(C)C)c2sccc2n1. The predicted octanol–water partition coefficient (Wildman–Crippen LogP) is 7.81. The molecule has 37 heavy (non-hydrogen) atoms. The number of likely N-dealkylation sites (tertiary alicyclic amines) is 1. The van der Waals surface area contributed by atoms with E-state index in [-0.39, 0.29) is 0 Å². The average molecular weight is 534 g/mol. The van der Waals surface area contributed by atoms with E-state index >= 15 is 0 Å². The van der Waals surface area contributed by atoms with Crippen LogP contribution in [0.2, 0.25) is 0 Å². The summed E-state index contributed by atoms with van der Waals surface area (Å²) in [7, 11) is 3.93. The van der Waals surface area contributed by atoms with Gasteiger partial charge in [0, 0.05) is 10.1 Å². The molecule has 2 N–H and O–H groups in total. The standard InChI is InChI=1S/C29H35N5OS2/c1-18(2)37-26-9-7-6-8-22(26)30-28-27-23(12-15-36-27)31-29(33-28)32-24-16-19(3)21(17-25(24)35-5)20-10-13-34(4)14-11-20/h6-9,12,15-18,20H,10-11,13-14H2,1-5H3,(H2,30,31,32,33). The molecule has 2 aromatic carbocycles. The van der Waals surface area contributed by atoms with Crippen molar-refractivity contribution >= 4 is 56.5 Å². The molecular weight excluding hydrogens is 498 g/mol. The first-order valence-electron chi connectivity index (χ1n) is 12.8. The summed E-state index contributed by atoms with van der Waals surface area (Å²) in [5.74, 6) is 2.74. The van der Waals surface area contributed by atoms with Gasteiger partial charge in [0.2, 0.25) is 5.95 Å². The molecule has 3 heterocycles. The topological polar surface area (TPSA) is 62.3 Å². The van der Waals surface area contributed by atoms with Crippen LogP contribution in [-0.4, -0.2) is 47.4 Å². The molecule has 0 unspecified atom stereocenters. The number of nitrogens with zero attached hydrogens (tertiary/aromatic N) is 3. The lowest BCUT2D eigenvalue weighted by atomic mass is 9.86. The number of rotatable bonds is 8. The number of thiophene rings is 1. The van der Waals surface area contributed by atoms with Gasteiger partial charge >= 0.3 is 0 Å². The number of benzene rings is 2. The minimum Gasteiger partial charge on any atom is -0.495 e. The van der Waals surface area contributed by atoms with Gasteiger partial charge in [0.1, 0.15) is 5.75 Å². The summed E-state index contributed by atoms with van der Waals surface area (Å²) < 4.78 is 6.87. The fraction of sp³-hybridized carbons (Fsp3) is 0.379. The smallest absolute Gasteiger partial charge is 0.229 e. The first kappa shape index (κ1) is 25.8. The molecule has 1 fully saturated rings. The molecule has 0 bridgehead atoms. The highest BCUT2D eigenvalue weighted by Crippen LogP contribution is 2.39. The largest absolute Gasteiger partial charge is 0.495 e. The number of nitrogens with one attached hydrogen (secondary N) is 2. The number of methoxy groups -OCH3 is 1. The molecule has 2 aromatic heterocycles. The number of ether oxygens (including phenoxy) is 1. The lowest BCUT2D eigenvalue weighted by molar-refractivity contribution is 0.255. The van der Waals surface area contributed by atoms with E-state index in [1.54, 1.807) is 18.4 Å². The van der Waals surface area contributed by atoms with Crippen LogP contribution >= 0.6 is 23.1 Å². The van der Waals surface area contributed by atoms with Crippen LogP contribution in [0.5, 0.6) is 5.75 Å². The summed E-state index contributed by atoms with van der Waals surface area (Å²) in [6.07, 6.45) is 2.35. The van der Waals surface area contributed by atoms with Gasteiger partial charge in [0.15, 0.2) is 5.82 Å². The Balaban J connectivity index is 1.46. The van der Waals surface area contributed by atoms with Gasteiger partial charge in [-0.15, -0.1) is 23.1 Å². The van der Waals surface area contributed by atoms with E-state index in [1.807, 2.05) is 17.8 Å². The highest BCUT2D eigenvalue weighted by atomic mass is 32.2. The van der Waals surface area contributed by atoms with Crippen LogP contribution < -0.4 is 15.4 Å². The molecule has 194 valence electrons. The molecule has 6 nitrogen and oxygen atoms in total. The fourth-order valence-corrected chi connectivity index (χ4v) is 6.60. The number of para-hydroxylation sites is 1. The van der Waals surface area contributed by atoms with Crippen LogP contribution in [0.3, 0.4) is 0 Å². The quantitative estimate of drug-likeness (QED) is 0.224. The van der Waals surface area contributed by atoms with Crippen LogP contribution in [0.25, 0.3) is 10.2 Å². The highest BCUT2D eigenvalue weighted by molar-refractivity contribution is 8.00. The summed E-state index contributed by atoms with van der Waals surface area (Å²) >= 11 is 3.49. The summed E-state index contributed by atoms with van der Waals surface area (Å²) in [4.78, 5) is 13.3. The van der Waals surface area contributed by atoms with Crippen molar-refractivity contribution in [2.75, 3.05) is 37.9 Å². The number of anilines is 4. The third-order valence-corrected chi connectivity index (χ3v) is 8.79. The fourth-order valence-electron chi connectivity index (χ4n) is 4.91.